The van der Waals surface area contributed by atoms with E-state index in [1.165, 1.54) is 36.9 Å². The van der Waals surface area contributed by atoms with E-state index in [4.69, 9.17) is 5.73 Å². The van der Waals surface area contributed by atoms with Crippen molar-refractivity contribution in [2.75, 3.05) is 13.1 Å². The molecule has 1 aromatic heterocycles. The lowest BCUT2D eigenvalue weighted by atomic mass is 9.74. The molecule has 0 amide bonds. The predicted octanol–water partition coefficient (Wildman–Crippen LogP) is 1.33. The number of aryl methyl sites for hydroxylation is 1. The van der Waals surface area contributed by atoms with Gasteiger partial charge >= 0.3 is 0 Å². The Kier molecular flexibility index (Phi) is 5.10. The van der Waals surface area contributed by atoms with Gasteiger partial charge in [0.2, 0.25) is 0 Å². The van der Waals surface area contributed by atoms with Crippen LogP contribution in [0.3, 0.4) is 0 Å². The Bertz CT molecular complexity index is 408. The predicted molar refractivity (Wildman–Crippen MR) is 78.9 cm³/mol. The Morgan fingerprint density at radius 3 is 2.50 bits per heavy atom. The van der Waals surface area contributed by atoms with Gasteiger partial charge in [-0.1, -0.05) is 20.3 Å². The highest BCUT2D eigenvalue weighted by molar-refractivity contribution is 4.97. The molecule has 0 spiro atoms. The van der Waals surface area contributed by atoms with Gasteiger partial charge in [0, 0.05) is 12.1 Å². The second-order valence-corrected chi connectivity index (χ2v) is 5.99. The van der Waals surface area contributed by atoms with Gasteiger partial charge in [0.05, 0.1) is 13.6 Å². The maximum atomic E-state index is 6.16. The molecular weight excluding hydrogens is 252 g/mol. The van der Waals surface area contributed by atoms with Crippen molar-refractivity contribution in [1.29, 1.82) is 0 Å². The van der Waals surface area contributed by atoms with Crippen LogP contribution in [0, 0.1) is 5.92 Å². The van der Waals surface area contributed by atoms with E-state index >= 15 is 0 Å². The molecule has 2 N–H and O–H groups in total. The van der Waals surface area contributed by atoms with E-state index in [9.17, 15) is 0 Å². The van der Waals surface area contributed by atoms with Gasteiger partial charge in [-0.15, -0.1) is 10.2 Å². The molecule has 0 bridgehead atoms. The zero-order valence-corrected chi connectivity index (χ0v) is 13.0. The molecular formula is C14H28N6. The first kappa shape index (κ1) is 15.4. The van der Waals surface area contributed by atoms with Crippen LogP contribution in [0.25, 0.3) is 0 Å². The average Bonchev–Trinajstić information content (AvgIpc) is 2.90. The molecule has 1 aliphatic rings. The molecule has 114 valence electrons. The molecule has 0 unspecified atom stereocenters. The number of hydrogen-bond acceptors (Lipinski definition) is 5. The Labute approximate surface area is 121 Å². The zero-order valence-electron chi connectivity index (χ0n) is 13.0. The lowest BCUT2D eigenvalue weighted by Crippen LogP contribution is -2.55. The third-order valence-electron chi connectivity index (χ3n) is 4.93. The fourth-order valence-electron chi connectivity index (χ4n) is 3.44. The topological polar surface area (TPSA) is 72.9 Å². The van der Waals surface area contributed by atoms with Crippen molar-refractivity contribution in [3.8, 4) is 0 Å². The van der Waals surface area contributed by atoms with Crippen LogP contribution in [0.5, 0.6) is 0 Å². The van der Waals surface area contributed by atoms with E-state index in [1.807, 2.05) is 0 Å². The molecule has 1 aromatic rings. The van der Waals surface area contributed by atoms with Gasteiger partial charge in [-0.2, -0.15) is 4.80 Å². The molecule has 0 aliphatic heterocycles. The van der Waals surface area contributed by atoms with Crippen molar-refractivity contribution in [2.45, 2.75) is 58.0 Å². The minimum Gasteiger partial charge on any atom is -0.329 e. The first-order valence-electron chi connectivity index (χ1n) is 7.81. The van der Waals surface area contributed by atoms with E-state index in [0.29, 0.717) is 0 Å². The van der Waals surface area contributed by atoms with Crippen molar-refractivity contribution in [3.63, 3.8) is 0 Å². The maximum Gasteiger partial charge on any atom is 0.188 e. The zero-order chi connectivity index (χ0) is 14.6. The highest BCUT2D eigenvalue weighted by atomic mass is 15.6. The van der Waals surface area contributed by atoms with Crippen LogP contribution < -0.4 is 5.73 Å². The third kappa shape index (κ3) is 3.17. The van der Waals surface area contributed by atoms with Crippen molar-refractivity contribution in [1.82, 2.24) is 25.1 Å². The van der Waals surface area contributed by atoms with Crippen molar-refractivity contribution < 1.29 is 0 Å². The Balaban J connectivity index is 2.07. The van der Waals surface area contributed by atoms with Crippen molar-refractivity contribution in [3.05, 3.63) is 5.82 Å². The number of tetrazole rings is 1. The Morgan fingerprint density at radius 2 is 2.05 bits per heavy atom. The molecule has 6 nitrogen and oxygen atoms in total. The SMILES string of the molecule is CCC1CCC(CN)(N(CC)Cc2nnn(C)n2)CC1. The van der Waals surface area contributed by atoms with Gasteiger partial charge in [-0.05, 0) is 43.4 Å². The summed E-state index contributed by atoms with van der Waals surface area (Å²) in [6, 6.07) is 0. The summed E-state index contributed by atoms with van der Waals surface area (Å²) in [4.78, 5) is 3.97. The molecule has 20 heavy (non-hydrogen) atoms. The quantitative estimate of drug-likeness (QED) is 0.851. The molecule has 0 saturated heterocycles. The second-order valence-electron chi connectivity index (χ2n) is 5.99. The van der Waals surface area contributed by atoms with E-state index in [0.717, 1.165) is 31.4 Å². The fraction of sp³-hybridized carbons (Fsp3) is 0.929. The summed E-state index contributed by atoms with van der Waals surface area (Å²) in [5, 5.41) is 12.3. The van der Waals surface area contributed by atoms with Crippen LogP contribution in [-0.2, 0) is 13.6 Å². The first-order valence-corrected chi connectivity index (χ1v) is 7.81. The van der Waals surface area contributed by atoms with E-state index in [-0.39, 0.29) is 5.54 Å². The molecule has 1 heterocycles. The summed E-state index contributed by atoms with van der Waals surface area (Å²) < 4.78 is 0. The lowest BCUT2D eigenvalue weighted by molar-refractivity contribution is 0.0372. The standard InChI is InChI=1S/C14H28N6/c1-4-12-6-8-14(11-15,9-7-12)20(5-2)10-13-16-18-19(3)17-13/h12H,4-11,15H2,1-3H3. The monoisotopic (exact) mass is 280 g/mol. The Morgan fingerprint density at radius 1 is 1.35 bits per heavy atom. The molecule has 2 rings (SSSR count). The molecule has 1 aliphatic carbocycles. The molecule has 1 saturated carbocycles. The number of hydrogen-bond donors (Lipinski definition) is 1. The van der Waals surface area contributed by atoms with E-state index < -0.39 is 0 Å². The average molecular weight is 280 g/mol. The number of nitrogens with zero attached hydrogens (tertiary/aromatic N) is 5. The minimum atomic E-state index is 0.125. The van der Waals surface area contributed by atoms with Gasteiger partial charge in [-0.3, -0.25) is 4.90 Å². The van der Waals surface area contributed by atoms with Crippen LogP contribution in [0.2, 0.25) is 0 Å². The largest absolute Gasteiger partial charge is 0.329 e. The van der Waals surface area contributed by atoms with Crippen LogP contribution in [0.1, 0.15) is 51.8 Å². The van der Waals surface area contributed by atoms with Crippen molar-refractivity contribution in [2.24, 2.45) is 18.7 Å². The third-order valence-corrected chi connectivity index (χ3v) is 4.93. The molecule has 0 atom stereocenters. The summed E-state index contributed by atoms with van der Waals surface area (Å²) >= 11 is 0. The van der Waals surface area contributed by atoms with Gasteiger partial charge in [0.15, 0.2) is 5.82 Å². The summed E-state index contributed by atoms with van der Waals surface area (Å²) in [7, 11) is 1.80. The summed E-state index contributed by atoms with van der Waals surface area (Å²) in [6.45, 7) is 6.93. The number of rotatable bonds is 6. The van der Waals surface area contributed by atoms with Crippen LogP contribution >= 0.6 is 0 Å². The Hall–Kier alpha value is -1.01. The number of aromatic nitrogens is 4. The number of nitrogens with two attached hydrogens (primary N) is 1. The highest BCUT2D eigenvalue weighted by Crippen LogP contribution is 2.37. The molecule has 0 radical (unpaired) electrons. The summed E-state index contributed by atoms with van der Waals surface area (Å²) in [6.07, 6.45) is 6.25. The molecule has 1 fully saturated rings. The van der Waals surface area contributed by atoms with E-state index in [2.05, 4.69) is 34.2 Å². The molecule has 0 aromatic carbocycles. The highest BCUT2D eigenvalue weighted by Gasteiger charge is 2.38. The van der Waals surface area contributed by atoms with E-state index in [1.54, 1.807) is 7.05 Å². The normalized spacial score (nSPS) is 27.1. The van der Waals surface area contributed by atoms with Gasteiger partial charge in [0.1, 0.15) is 0 Å². The van der Waals surface area contributed by atoms with Crippen molar-refractivity contribution >= 4 is 0 Å². The first-order chi connectivity index (χ1) is 9.63. The van der Waals surface area contributed by atoms with Gasteiger partial charge < -0.3 is 5.73 Å². The van der Waals surface area contributed by atoms with Gasteiger partial charge in [0.25, 0.3) is 0 Å². The lowest BCUT2D eigenvalue weighted by Gasteiger charge is -2.47. The molecule has 6 heteroatoms. The van der Waals surface area contributed by atoms with Crippen LogP contribution in [0.4, 0.5) is 0 Å². The van der Waals surface area contributed by atoms with Gasteiger partial charge in [-0.25, -0.2) is 0 Å². The number of likely N-dealkylation sites (N-methyl/N-ethyl adjacent to an activating group) is 1. The maximum absolute atomic E-state index is 6.16. The minimum absolute atomic E-state index is 0.125. The smallest absolute Gasteiger partial charge is 0.188 e. The summed E-state index contributed by atoms with van der Waals surface area (Å²) in [5.74, 6) is 1.67. The second kappa shape index (κ2) is 6.63. The van der Waals surface area contributed by atoms with Crippen LogP contribution in [-0.4, -0.2) is 43.7 Å². The summed E-state index contributed by atoms with van der Waals surface area (Å²) in [5.41, 5.74) is 6.28. The fourth-order valence-corrected chi connectivity index (χ4v) is 3.44. The van der Waals surface area contributed by atoms with Crippen LogP contribution in [0.15, 0.2) is 0 Å².